The summed E-state index contributed by atoms with van der Waals surface area (Å²) in [7, 11) is 0. The van der Waals surface area contributed by atoms with Crippen LogP contribution in [0.3, 0.4) is 0 Å². The van der Waals surface area contributed by atoms with E-state index in [-0.39, 0.29) is 12.3 Å². The molecular weight excluding hydrogens is 320 g/mol. The summed E-state index contributed by atoms with van der Waals surface area (Å²) in [6.07, 6.45) is 4.86. The smallest absolute Gasteiger partial charge is 0.340 e. The maximum absolute atomic E-state index is 12.0. The highest BCUT2D eigenvalue weighted by atomic mass is 16.5. The maximum atomic E-state index is 12.0. The molecule has 0 atom stereocenters. The molecule has 25 heavy (non-hydrogen) atoms. The molecule has 0 N–H and O–H groups in total. The quantitative estimate of drug-likeness (QED) is 0.233. The fourth-order valence-electron chi connectivity index (χ4n) is 2.36. The summed E-state index contributed by atoms with van der Waals surface area (Å²) >= 11 is 0. The SMILES string of the molecule is CCOC(=O)/C(=C/c1c(-c2ccccc2)nc2ncccn12)N=[N+]=[N-]. The van der Waals surface area contributed by atoms with Crippen LogP contribution in [0.15, 0.2) is 59.6 Å². The number of ether oxygens (including phenoxy) is 1. The summed E-state index contributed by atoms with van der Waals surface area (Å²) in [6.45, 7) is 1.86. The van der Waals surface area contributed by atoms with Crippen LogP contribution in [0.4, 0.5) is 0 Å². The van der Waals surface area contributed by atoms with E-state index in [1.165, 1.54) is 6.08 Å². The molecule has 0 fully saturated rings. The Bertz CT molecular complexity index is 987. The Morgan fingerprint density at radius 2 is 2.16 bits per heavy atom. The van der Waals surface area contributed by atoms with Gasteiger partial charge >= 0.3 is 5.97 Å². The number of carbonyl (C=O) groups excluding carboxylic acids is 1. The lowest BCUT2D eigenvalue weighted by Crippen LogP contribution is -2.06. The van der Waals surface area contributed by atoms with Crippen molar-refractivity contribution in [1.82, 2.24) is 14.4 Å². The van der Waals surface area contributed by atoms with Gasteiger partial charge in [0.25, 0.3) is 0 Å². The molecule has 2 heterocycles. The third-order valence-electron chi connectivity index (χ3n) is 3.40. The molecule has 8 nitrogen and oxygen atoms in total. The first kappa shape index (κ1) is 16.2. The van der Waals surface area contributed by atoms with Gasteiger partial charge in [-0.2, -0.15) is 0 Å². The maximum Gasteiger partial charge on any atom is 0.340 e. The minimum Gasteiger partial charge on any atom is -0.462 e. The summed E-state index contributed by atoms with van der Waals surface area (Å²) in [5, 5.41) is 3.46. The average molecular weight is 334 g/mol. The standard InChI is InChI=1S/C17H14N6O2/c1-2-25-16(24)13(21-22-18)11-14-15(12-7-4-3-5-8-12)20-17-19-9-6-10-23(14)17/h3-11H,2H2,1H3/b13-11-. The molecule has 0 amide bonds. The van der Waals surface area contributed by atoms with Crippen molar-refractivity contribution < 1.29 is 9.53 Å². The van der Waals surface area contributed by atoms with E-state index in [4.69, 9.17) is 10.3 Å². The van der Waals surface area contributed by atoms with E-state index in [9.17, 15) is 4.79 Å². The lowest BCUT2D eigenvalue weighted by molar-refractivity contribution is -0.138. The van der Waals surface area contributed by atoms with Crippen molar-refractivity contribution in [2.75, 3.05) is 6.61 Å². The molecule has 2 aromatic heterocycles. The normalized spacial score (nSPS) is 11.2. The number of carbonyl (C=O) groups is 1. The first-order chi connectivity index (χ1) is 12.2. The molecule has 3 aromatic rings. The van der Waals surface area contributed by atoms with Crippen molar-refractivity contribution in [3.8, 4) is 11.3 Å². The summed E-state index contributed by atoms with van der Waals surface area (Å²) in [6, 6.07) is 11.2. The number of hydrogen-bond donors (Lipinski definition) is 0. The van der Waals surface area contributed by atoms with Gasteiger partial charge in [-0.05, 0) is 24.6 Å². The van der Waals surface area contributed by atoms with Crippen molar-refractivity contribution in [3.63, 3.8) is 0 Å². The largest absolute Gasteiger partial charge is 0.462 e. The molecule has 0 bridgehead atoms. The predicted molar refractivity (Wildman–Crippen MR) is 92.2 cm³/mol. The number of aromatic nitrogens is 3. The van der Waals surface area contributed by atoms with Crippen LogP contribution >= 0.6 is 0 Å². The van der Waals surface area contributed by atoms with Crippen LogP contribution in [-0.4, -0.2) is 26.9 Å². The van der Waals surface area contributed by atoms with Gasteiger partial charge in [-0.1, -0.05) is 35.4 Å². The molecule has 0 unspecified atom stereocenters. The zero-order valence-electron chi connectivity index (χ0n) is 13.4. The monoisotopic (exact) mass is 334 g/mol. The fourth-order valence-corrected chi connectivity index (χ4v) is 2.36. The van der Waals surface area contributed by atoms with Crippen molar-refractivity contribution in [2.45, 2.75) is 6.92 Å². The number of imidazole rings is 1. The molecule has 0 aliphatic rings. The van der Waals surface area contributed by atoms with Crippen LogP contribution < -0.4 is 0 Å². The number of fused-ring (bicyclic) bond motifs is 1. The third kappa shape index (κ3) is 3.34. The summed E-state index contributed by atoms with van der Waals surface area (Å²) in [5.74, 6) is -0.227. The second kappa shape index (κ2) is 7.29. The van der Waals surface area contributed by atoms with Gasteiger partial charge in [0.15, 0.2) is 0 Å². The lowest BCUT2D eigenvalue weighted by Gasteiger charge is -2.04. The first-order valence-corrected chi connectivity index (χ1v) is 7.57. The van der Waals surface area contributed by atoms with E-state index >= 15 is 0 Å². The van der Waals surface area contributed by atoms with Crippen LogP contribution in [0, 0.1) is 0 Å². The minimum atomic E-state index is -0.696. The Hall–Kier alpha value is -3.64. The summed E-state index contributed by atoms with van der Waals surface area (Å²) < 4.78 is 6.66. The van der Waals surface area contributed by atoms with E-state index in [0.29, 0.717) is 17.2 Å². The fraction of sp³-hybridized carbons (Fsp3) is 0.118. The third-order valence-corrected chi connectivity index (χ3v) is 3.40. The van der Waals surface area contributed by atoms with E-state index in [1.807, 2.05) is 30.3 Å². The zero-order chi connectivity index (χ0) is 17.6. The van der Waals surface area contributed by atoms with Gasteiger partial charge in [0.1, 0.15) is 5.70 Å². The Morgan fingerprint density at radius 3 is 2.88 bits per heavy atom. The minimum absolute atomic E-state index is 0.146. The number of benzene rings is 1. The van der Waals surface area contributed by atoms with Crippen molar-refractivity contribution in [1.29, 1.82) is 0 Å². The van der Waals surface area contributed by atoms with Gasteiger partial charge in [0, 0.05) is 22.9 Å². The molecule has 0 spiro atoms. The second-order valence-electron chi connectivity index (χ2n) is 4.94. The van der Waals surface area contributed by atoms with Crippen molar-refractivity contribution >= 4 is 17.8 Å². The Labute approximate surface area is 143 Å². The van der Waals surface area contributed by atoms with Gasteiger partial charge in [-0.25, -0.2) is 14.8 Å². The molecule has 3 rings (SSSR count). The molecule has 0 saturated heterocycles. The van der Waals surface area contributed by atoms with Crippen LogP contribution in [0.5, 0.6) is 0 Å². The highest BCUT2D eigenvalue weighted by Gasteiger charge is 2.16. The van der Waals surface area contributed by atoms with E-state index < -0.39 is 5.97 Å². The van der Waals surface area contributed by atoms with Gasteiger partial charge in [0.05, 0.1) is 18.0 Å². The van der Waals surface area contributed by atoms with Crippen LogP contribution in [0.2, 0.25) is 0 Å². The van der Waals surface area contributed by atoms with E-state index in [0.717, 1.165) is 5.56 Å². The molecule has 1 aromatic carbocycles. The van der Waals surface area contributed by atoms with Crippen LogP contribution in [0.1, 0.15) is 12.6 Å². The predicted octanol–water partition coefficient (Wildman–Crippen LogP) is 3.61. The Kier molecular flexibility index (Phi) is 4.73. The zero-order valence-corrected chi connectivity index (χ0v) is 13.4. The molecule has 0 aliphatic heterocycles. The van der Waals surface area contributed by atoms with Gasteiger partial charge < -0.3 is 4.74 Å². The molecule has 0 aliphatic carbocycles. The molecular formula is C17H14N6O2. The van der Waals surface area contributed by atoms with Gasteiger partial charge in [0.2, 0.25) is 5.78 Å². The number of nitrogens with zero attached hydrogens (tertiary/aromatic N) is 6. The lowest BCUT2D eigenvalue weighted by atomic mass is 10.1. The topological polar surface area (TPSA) is 105 Å². The Balaban J connectivity index is 2.24. The highest BCUT2D eigenvalue weighted by molar-refractivity contribution is 5.94. The summed E-state index contributed by atoms with van der Waals surface area (Å²) in [5.41, 5.74) is 10.7. The Morgan fingerprint density at radius 1 is 1.36 bits per heavy atom. The van der Waals surface area contributed by atoms with Gasteiger partial charge in [-0.3, -0.25) is 4.40 Å². The van der Waals surface area contributed by atoms with E-state index in [2.05, 4.69) is 20.0 Å². The number of hydrogen-bond acceptors (Lipinski definition) is 5. The average Bonchev–Trinajstić information content (AvgIpc) is 3.01. The first-order valence-electron chi connectivity index (χ1n) is 7.57. The summed E-state index contributed by atoms with van der Waals surface area (Å²) in [4.78, 5) is 23.5. The number of rotatable bonds is 5. The second-order valence-corrected chi connectivity index (χ2v) is 4.94. The molecule has 0 radical (unpaired) electrons. The van der Waals surface area contributed by atoms with Gasteiger partial charge in [-0.15, -0.1) is 0 Å². The van der Waals surface area contributed by atoms with Crippen LogP contribution in [-0.2, 0) is 9.53 Å². The van der Waals surface area contributed by atoms with E-state index in [1.54, 1.807) is 29.8 Å². The highest BCUT2D eigenvalue weighted by Crippen LogP contribution is 2.26. The van der Waals surface area contributed by atoms with Crippen LogP contribution in [0.25, 0.3) is 33.6 Å². The molecule has 124 valence electrons. The number of esters is 1. The number of azide groups is 1. The van der Waals surface area contributed by atoms with Crippen molar-refractivity contribution in [2.24, 2.45) is 5.11 Å². The molecule has 8 heteroatoms. The van der Waals surface area contributed by atoms with Crippen molar-refractivity contribution in [3.05, 3.63) is 70.6 Å². The molecule has 0 saturated carbocycles.